The fourth-order valence-electron chi connectivity index (χ4n) is 2.34. The molecule has 0 saturated carbocycles. The number of hydrogen-bond donors (Lipinski definition) is 1. The van der Waals surface area contributed by atoms with Crippen LogP contribution in [0.5, 0.6) is 5.75 Å². The van der Waals surface area contributed by atoms with Crippen molar-refractivity contribution >= 4 is 17.7 Å². The number of carbonyl (C=O) groups excluding carboxylic acids is 1. The summed E-state index contributed by atoms with van der Waals surface area (Å²) >= 11 is 1.18. The SMILES string of the molecule is O=C(CSc1ccccc1F)NCc1cccc(OCc2ccccn2)c1. The van der Waals surface area contributed by atoms with E-state index in [-0.39, 0.29) is 17.5 Å². The minimum absolute atomic E-state index is 0.150. The van der Waals surface area contributed by atoms with Gasteiger partial charge in [0.1, 0.15) is 18.2 Å². The summed E-state index contributed by atoms with van der Waals surface area (Å²) < 4.78 is 19.3. The Morgan fingerprint density at radius 3 is 2.74 bits per heavy atom. The summed E-state index contributed by atoms with van der Waals surface area (Å²) in [6.07, 6.45) is 1.73. The first kappa shape index (κ1) is 18.9. The van der Waals surface area contributed by atoms with Crippen molar-refractivity contribution in [2.24, 2.45) is 0 Å². The van der Waals surface area contributed by atoms with Crippen LogP contribution >= 0.6 is 11.8 Å². The van der Waals surface area contributed by atoms with Gasteiger partial charge in [-0.2, -0.15) is 0 Å². The number of benzene rings is 2. The van der Waals surface area contributed by atoms with Crippen molar-refractivity contribution in [2.75, 3.05) is 5.75 Å². The largest absolute Gasteiger partial charge is 0.487 e. The minimum Gasteiger partial charge on any atom is -0.487 e. The standard InChI is InChI=1S/C21H19FN2O2S/c22-19-9-1-2-10-20(19)27-15-21(25)24-13-16-6-5-8-18(12-16)26-14-17-7-3-4-11-23-17/h1-12H,13-15H2,(H,24,25). The number of amides is 1. The van der Waals surface area contributed by atoms with Crippen LogP contribution in [0.2, 0.25) is 0 Å². The Morgan fingerprint density at radius 2 is 1.93 bits per heavy atom. The number of nitrogens with one attached hydrogen (secondary N) is 1. The van der Waals surface area contributed by atoms with Gasteiger partial charge in [0.2, 0.25) is 5.91 Å². The number of halogens is 1. The Balaban J connectivity index is 1.46. The van der Waals surface area contributed by atoms with Crippen molar-refractivity contribution in [1.82, 2.24) is 10.3 Å². The van der Waals surface area contributed by atoms with Gasteiger partial charge in [-0.05, 0) is 42.0 Å². The van der Waals surface area contributed by atoms with Crippen LogP contribution < -0.4 is 10.1 Å². The summed E-state index contributed by atoms with van der Waals surface area (Å²) in [5.41, 5.74) is 1.78. The highest BCUT2D eigenvalue weighted by Crippen LogP contribution is 2.21. The highest BCUT2D eigenvalue weighted by atomic mass is 32.2. The molecule has 0 saturated heterocycles. The normalized spacial score (nSPS) is 10.4. The third-order valence-corrected chi connectivity index (χ3v) is 4.75. The number of carbonyl (C=O) groups is 1. The van der Waals surface area contributed by atoms with E-state index < -0.39 is 0 Å². The zero-order valence-electron chi connectivity index (χ0n) is 14.6. The summed E-state index contributed by atoms with van der Waals surface area (Å²) in [6.45, 7) is 0.771. The number of ether oxygens (including phenoxy) is 1. The number of pyridine rings is 1. The van der Waals surface area contributed by atoms with E-state index in [2.05, 4.69) is 10.3 Å². The molecule has 1 N–H and O–H groups in total. The van der Waals surface area contributed by atoms with Crippen LogP contribution in [0.4, 0.5) is 4.39 Å². The first-order valence-electron chi connectivity index (χ1n) is 8.46. The van der Waals surface area contributed by atoms with Crippen LogP contribution in [0.1, 0.15) is 11.3 Å². The van der Waals surface area contributed by atoms with Gasteiger partial charge in [-0.15, -0.1) is 11.8 Å². The molecule has 2 aromatic carbocycles. The fraction of sp³-hybridized carbons (Fsp3) is 0.143. The van der Waals surface area contributed by atoms with E-state index in [0.717, 1.165) is 11.3 Å². The lowest BCUT2D eigenvalue weighted by Gasteiger charge is -2.09. The number of thioether (sulfide) groups is 1. The maximum atomic E-state index is 13.6. The highest BCUT2D eigenvalue weighted by molar-refractivity contribution is 8.00. The van der Waals surface area contributed by atoms with Gasteiger partial charge in [-0.3, -0.25) is 9.78 Å². The lowest BCUT2D eigenvalue weighted by molar-refractivity contribution is -0.118. The Labute approximate surface area is 161 Å². The zero-order chi connectivity index (χ0) is 18.9. The molecule has 0 atom stereocenters. The number of rotatable bonds is 8. The quantitative estimate of drug-likeness (QED) is 0.593. The molecule has 27 heavy (non-hydrogen) atoms. The number of nitrogens with zero attached hydrogens (tertiary/aromatic N) is 1. The van der Waals surface area contributed by atoms with E-state index in [0.29, 0.717) is 23.8 Å². The topological polar surface area (TPSA) is 51.2 Å². The minimum atomic E-state index is -0.312. The molecule has 0 spiro atoms. The van der Waals surface area contributed by atoms with Crippen LogP contribution in [-0.4, -0.2) is 16.6 Å². The van der Waals surface area contributed by atoms with Gasteiger partial charge in [0.15, 0.2) is 0 Å². The molecule has 0 fully saturated rings. The second-order valence-corrected chi connectivity index (χ2v) is 6.77. The van der Waals surface area contributed by atoms with E-state index in [1.165, 1.54) is 17.8 Å². The zero-order valence-corrected chi connectivity index (χ0v) is 15.4. The predicted octanol–water partition coefficient (Wildman–Crippen LogP) is 4.21. The molecule has 138 valence electrons. The molecule has 1 heterocycles. The van der Waals surface area contributed by atoms with Gasteiger partial charge in [0.05, 0.1) is 11.4 Å². The molecule has 0 bridgehead atoms. The van der Waals surface area contributed by atoms with Crippen LogP contribution in [-0.2, 0) is 17.9 Å². The second-order valence-electron chi connectivity index (χ2n) is 5.75. The molecule has 1 aromatic heterocycles. The Kier molecular flexibility index (Phi) is 6.82. The molecule has 3 aromatic rings. The lowest BCUT2D eigenvalue weighted by atomic mass is 10.2. The molecule has 6 heteroatoms. The average molecular weight is 382 g/mol. The summed E-state index contributed by atoms with van der Waals surface area (Å²) in [4.78, 5) is 16.7. The molecule has 0 aliphatic rings. The van der Waals surface area contributed by atoms with E-state index in [9.17, 15) is 9.18 Å². The van der Waals surface area contributed by atoms with Crippen molar-refractivity contribution in [3.05, 3.63) is 90.0 Å². The van der Waals surface area contributed by atoms with Gasteiger partial charge in [0.25, 0.3) is 0 Å². The summed E-state index contributed by atoms with van der Waals surface area (Å²) in [6, 6.07) is 19.6. The number of aromatic nitrogens is 1. The predicted molar refractivity (Wildman–Crippen MR) is 104 cm³/mol. The smallest absolute Gasteiger partial charge is 0.230 e. The van der Waals surface area contributed by atoms with Crippen LogP contribution in [0.25, 0.3) is 0 Å². The van der Waals surface area contributed by atoms with Gasteiger partial charge >= 0.3 is 0 Å². The van der Waals surface area contributed by atoms with Crippen LogP contribution in [0.15, 0.2) is 77.8 Å². The van der Waals surface area contributed by atoms with Crippen molar-refractivity contribution in [3.8, 4) is 5.75 Å². The molecule has 0 aliphatic carbocycles. The van der Waals surface area contributed by atoms with Crippen molar-refractivity contribution in [2.45, 2.75) is 18.0 Å². The summed E-state index contributed by atoms with van der Waals surface area (Å²) in [5.74, 6) is 0.417. The maximum absolute atomic E-state index is 13.6. The van der Waals surface area contributed by atoms with Gasteiger partial charge < -0.3 is 10.1 Å². The van der Waals surface area contributed by atoms with Gasteiger partial charge in [0, 0.05) is 17.6 Å². The molecular formula is C21H19FN2O2S. The van der Waals surface area contributed by atoms with Crippen LogP contribution in [0, 0.1) is 5.82 Å². The van der Waals surface area contributed by atoms with E-state index in [4.69, 9.17) is 4.74 Å². The van der Waals surface area contributed by atoms with Gasteiger partial charge in [-0.25, -0.2) is 4.39 Å². The summed E-state index contributed by atoms with van der Waals surface area (Å²) in [7, 11) is 0. The molecule has 0 unspecified atom stereocenters. The Morgan fingerprint density at radius 1 is 1.07 bits per heavy atom. The second kappa shape index (κ2) is 9.73. The Bertz CT molecular complexity index is 890. The monoisotopic (exact) mass is 382 g/mol. The molecule has 4 nitrogen and oxygen atoms in total. The third-order valence-electron chi connectivity index (χ3n) is 3.70. The molecule has 0 radical (unpaired) electrons. The van der Waals surface area contributed by atoms with Crippen LogP contribution in [0.3, 0.4) is 0 Å². The van der Waals surface area contributed by atoms with E-state index in [1.807, 2.05) is 42.5 Å². The van der Waals surface area contributed by atoms with E-state index in [1.54, 1.807) is 24.4 Å². The Hall–Kier alpha value is -2.86. The molecule has 1 amide bonds. The van der Waals surface area contributed by atoms with Gasteiger partial charge in [-0.1, -0.05) is 30.3 Å². The molecule has 0 aliphatic heterocycles. The fourth-order valence-corrected chi connectivity index (χ4v) is 3.11. The summed E-state index contributed by atoms with van der Waals surface area (Å²) in [5, 5.41) is 2.84. The maximum Gasteiger partial charge on any atom is 0.230 e. The van der Waals surface area contributed by atoms with Crippen molar-refractivity contribution < 1.29 is 13.9 Å². The highest BCUT2D eigenvalue weighted by Gasteiger charge is 2.06. The molecule has 3 rings (SSSR count). The lowest BCUT2D eigenvalue weighted by Crippen LogP contribution is -2.24. The first-order chi connectivity index (χ1) is 13.2. The average Bonchev–Trinajstić information content (AvgIpc) is 2.71. The molecular weight excluding hydrogens is 363 g/mol. The van der Waals surface area contributed by atoms with Crippen molar-refractivity contribution in [3.63, 3.8) is 0 Å². The van der Waals surface area contributed by atoms with E-state index >= 15 is 0 Å². The first-order valence-corrected chi connectivity index (χ1v) is 9.45. The number of hydrogen-bond acceptors (Lipinski definition) is 4. The van der Waals surface area contributed by atoms with Crippen molar-refractivity contribution in [1.29, 1.82) is 0 Å². The third kappa shape index (κ3) is 6.11.